The quantitative estimate of drug-likeness (QED) is 0.429. The summed E-state index contributed by atoms with van der Waals surface area (Å²) in [5.41, 5.74) is 0. The Hall–Kier alpha value is -0.0200. The highest BCUT2D eigenvalue weighted by atomic mass is 32.1. The van der Waals surface area contributed by atoms with Crippen molar-refractivity contribution in [2.45, 2.75) is 0 Å². The van der Waals surface area contributed by atoms with E-state index in [2.05, 4.69) is 12.5 Å². The zero-order valence-corrected chi connectivity index (χ0v) is 5.08. The SMILES string of the molecule is CN(C)C.O=S. The van der Waals surface area contributed by atoms with Gasteiger partial charge in [0.2, 0.25) is 0 Å². The molecule has 0 saturated carbocycles. The average Bonchev–Trinajstić information content (AvgIpc) is 1.41. The largest absolute Gasteiger partial charge is 0.312 e. The highest BCUT2D eigenvalue weighted by Gasteiger charge is 1.58. The van der Waals surface area contributed by atoms with Crippen LogP contribution < -0.4 is 0 Å². The van der Waals surface area contributed by atoms with E-state index < -0.39 is 0 Å². The van der Waals surface area contributed by atoms with Crippen molar-refractivity contribution in [2.75, 3.05) is 21.1 Å². The third-order valence-electron chi connectivity index (χ3n) is 0. The zero-order chi connectivity index (χ0) is 5.58. The fourth-order valence-electron chi connectivity index (χ4n) is 0. The van der Waals surface area contributed by atoms with Gasteiger partial charge in [0.25, 0.3) is 0 Å². The van der Waals surface area contributed by atoms with Crippen molar-refractivity contribution in [3.05, 3.63) is 0 Å². The van der Waals surface area contributed by atoms with E-state index >= 15 is 0 Å². The minimum atomic E-state index is 2.00. The van der Waals surface area contributed by atoms with Crippen molar-refractivity contribution in [1.29, 1.82) is 0 Å². The molecule has 0 aliphatic heterocycles. The Kier molecular flexibility index (Phi) is 13.9. The molecule has 0 amide bonds. The molecule has 3 heteroatoms. The van der Waals surface area contributed by atoms with Crippen molar-refractivity contribution in [3.8, 4) is 0 Å². The molecule has 38 valence electrons. The Morgan fingerprint density at radius 3 is 1.17 bits per heavy atom. The van der Waals surface area contributed by atoms with E-state index in [9.17, 15) is 0 Å². The van der Waals surface area contributed by atoms with Gasteiger partial charge < -0.3 is 4.90 Å². The van der Waals surface area contributed by atoms with Crippen LogP contribution in [0.5, 0.6) is 0 Å². The Labute approximate surface area is 43.7 Å². The molecule has 0 aromatic carbocycles. The molecule has 0 rings (SSSR count). The zero-order valence-electron chi connectivity index (χ0n) is 4.26. The van der Waals surface area contributed by atoms with Gasteiger partial charge in [0.15, 0.2) is 12.5 Å². The summed E-state index contributed by atoms with van der Waals surface area (Å²) in [6, 6.07) is 0. The minimum absolute atomic E-state index is 2.00. The second-order valence-electron chi connectivity index (χ2n) is 1.34. The minimum Gasteiger partial charge on any atom is -0.312 e. The van der Waals surface area contributed by atoms with Crippen LogP contribution in [-0.2, 0) is 12.5 Å². The van der Waals surface area contributed by atoms with Gasteiger partial charge in [-0.25, -0.2) is 0 Å². The first-order chi connectivity index (χ1) is 2.73. The van der Waals surface area contributed by atoms with Crippen LogP contribution in [0.3, 0.4) is 0 Å². The van der Waals surface area contributed by atoms with Gasteiger partial charge in [-0.15, -0.1) is 0 Å². The molecule has 0 fully saturated rings. The molecule has 0 aromatic heterocycles. The molecule has 0 spiro atoms. The predicted molar refractivity (Wildman–Crippen MR) is 27.8 cm³/mol. The molecule has 0 atom stereocenters. The van der Waals surface area contributed by atoms with Crippen LogP contribution in [0, 0.1) is 0 Å². The predicted octanol–water partition coefficient (Wildman–Crippen LogP) is -0.159. The lowest BCUT2D eigenvalue weighted by Gasteiger charge is -1.90. The van der Waals surface area contributed by atoms with E-state index in [1.165, 1.54) is 0 Å². The van der Waals surface area contributed by atoms with Gasteiger partial charge in [0, 0.05) is 0 Å². The average molecular weight is 107 g/mol. The third-order valence-corrected chi connectivity index (χ3v) is 0. The third kappa shape index (κ3) is 88400. The maximum Gasteiger partial charge on any atom is 0.197 e. The lowest BCUT2D eigenvalue weighted by molar-refractivity contribution is 0.505. The molecular formula is C3H9NOS. The summed E-state index contributed by atoms with van der Waals surface area (Å²) >= 11 is 2.83. The molecule has 0 radical (unpaired) electrons. The van der Waals surface area contributed by atoms with Crippen molar-refractivity contribution >= 4 is 12.5 Å². The van der Waals surface area contributed by atoms with Gasteiger partial charge in [-0.05, 0) is 21.1 Å². The van der Waals surface area contributed by atoms with E-state index in [1.807, 2.05) is 26.0 Å². The normalized spacial score (nSPS) is 6.67. The fraction of sp³-hybridized carbons (Fsp3) is 1.00. The van der Waals surface area contributed by atoms with Crippen molar-refractivity contribution < 1.29 is 4.21 Å². The second-order valence-corrected chi connectivity index (χ2v) is 1.34. The summed E-state index contributed by atoms with van der Waals surface area (Å²) in [5, 5.41) is 0. The molecule has 0 saturated heterocycles. The van der Waals surface area contributed by atoms with Gasteiger partial charge in [0.1, 0.15) is 0 Å². The van der Waals surface area contributed by atoms with Crippen molar-refractivity contribution in [2.24, 2.45) is 0 Å². The van der Waals surface area contributed by atoms with Crippen LogP contribution in [0.15, 0.2) is 0 Å². The first-order valence-electron chi connectivity index (χ1n) is 1.51. The van der Waals surface area contributed by atoms with Gasteiger partial charge in [-0.1, -0.05) is 0 Å². The van der Waals surface area contributed by atoms with Crippen LogP contribution in [0.2, 0.25) is 0 Å². The summed E-state index contributed by atoms with van der Waals surface area (Å²) in [6.07, 6.45) is 0. The Bertz CT molecular complexity index is 22.0. The van der Waals surface area contributed by atoms with E-state index in [0.29, 0.717) is 0 Å². The van der Waals surface area contributed by atoms with Crippen LogP contribution in [0.1, 0.15) is 0 Å². The highest BCUT2D eigenvalue weighted by Crippen LogP contribution is 1.47. The summed E-state index contributed by atoms with van der Waals surface area (Å²) in [6.45, 7) is 0. The molecule has 0 aromatic rings. The summed E-state index contributed by atoms with van der Waals surface area (Å²) in [7, 11) is 6.00. The lowest BCUT2D eigenvalue weighted by atomic mass is 11.0. The number of hydrogen-bond donors (Lipinski definition) is 0. The topological polar surface area (TPSA) is 20.3 Å². The van der Waals surface area contributed by atoms with Crippen LogP contribution in [0.4, 0.5) is 0 Å². The Balaban J connectivity index is 0. The van der Waals surface area contributed by atoms with E-state index in [-0.39, 0.29) is 0 Å². The molecule has 6 heavy (non-hydrogen) atoms. The van der Waals surface area contributed by atoms with Crippen molar-refractivity contribution in [1.82, 2.24) is 4.90 Å². The smallest absolute Gasteiger partial charge is 0.197 e. The Morgan fingerprint density at radius 2 is 1.17 bits per heavy atom. The fourth-order valence-corrected chi connectivity index (χ4v) is 0. The van der Waals surface area contributed by atoms with Crippen LogP contribution in [0.25, 0.3) is 0 Å². The van der Waals surface area contributed by atoms with E-state index in [1.54, 1.807) is 0 Å². The molecule has 0 aliphatic rings. The Morgan fingerprint density at radius 1 is 1.17 bits per heavy atom. The standard InChI is InChI=1S/C3H9N.OS/c1-4(2)3;1-2/h1-3H3;. The summed E-state index contributed by atoms with van der Waals surface area (Å²) < 4.78 is 7.83. The first-order valence-corrected chi connectivity index (χ1v) is 1.84. The number of nitrogens with zero attached hydrogens (tertiary/aromatic N) is 1. The maximum atomic E-state index is 7.83. The molecule has 0 unspecified atom stereocenters. The van der Waals surface area contributed by atoms with Gasteiger partial charge >= 0.3 is 0 Å². The maximum absolute atomic E-state index is 7.83. The number of rotatable bonds is 0. The van der Waals surface area contributed by atoms with Crippen molar-refractivity contribution in [3.63, 3.8) is 0 Å². The monoisotopic (exact) mass is 107 g/mol. The summed E-state index contributed by atoms with van der Waals surface area (Å²) in [4.78, 5) is 2.00. The molecular weight excluding hydrogens is 98.1 g/mol. The molecule has 2 nitrogen and oxygen atoms in total. The summed E-state index contributed by atoms with van der Waals surface area (Å²) in [5.74, 6) is 0. The van der Waals surface area contributed by atoms with Crippen LogP contribution >= 0.6 is 0 Å². The van der Waals surface area contributed by atoms with E-state index in [0.717, 1.165) is 0 Å². The second kappa shape index (κ2) is 8.88. The molecule has 0 aliphatic carbocycles. The number of hydrogen-bond acceptors (Lipinski definition) is 3. The van der Waals surface area contributed by atoms with Gasteiger partial charge in [-0.2, -0.15) is 4.21 Å². The van der Waals surface area contributed by atoms with Gasteiger partial charge in [0.05, 0.1) is 0 Å². The molecule has 0 bridgehead atoms. The van der Waals surface area contributed by atoms with Crippen LogP contribution in [-0.4, -0.2) is 30.3 Å². The molecule has 0 heterocycles. The first kappa shape index (κ1) is 9.36. The molecule has 0 N–H and O–H groups in total. The lowest BCUT2D eigenvalue weighted by Crippen LogP contribution is -1.99. The van der Waals surface area contributed by atoms with Gasteiger partial charge in [-0.3, -0.25) is 0 Å². The van der Waals surface area contributed by atoms with E-state index in [4.69, 9.17) is 4.21 Å². The highest BCUT2D eigenvalue weighted by molar-refractivity contribution is 7.44.